The Bertz CT molecular complexity index is 766. The summed E-state index contributed by atoms with van der Waals surface area (Å²) in [5.74, 6) is 0.601. The largest absolute Gasteiger partial charge is 0.337 e. The zero-order valence-corrected chi connectivity index (χ0v) is 14.3. The molecule has 0 unspecified atom stereocenters. The number of hydrogen-bond acceptors (Lipinski definition) is 2. The molecule has 0 aliphatic carbocycles. The average molecular weight is 308 g/mol. The van der Waals surface area contributed by atoms with Gasteiger partial charge in [-0.05, 0) is 19.8 Å². The van der Waals surface area contributed by atoms with Crippen LogP contribution in [0.3, 0.4) is 0 Å². The Morgan fingerprint density at radius 1 is 1.00 bits per heavy atom. The number of imidazole rings is 1. The SMILES string of the molecule is CC(C)Cn1cnc(-c2cn(C(C)C)nc2-c2ccccc2)c1. The molecule has 1 aromatic carbocycles. The van der Waals surface area contributed by atoms with Crippen molar-refractivity contribution in [3.05, 3.63) is 49.1 Å². The predicted molar refractivity (Wildman–Crippen MR) is 94.1 cm³/mol. The van der Waals surface area contributed by atoms with E-state index in [1.54, 1.807) is 0 Å². The van der Waals surface area contributed by atoms with Gasteiger partial charge in [-0.15, -0.1) is 0 Å². The maximum Gasteiger partial charge on any atom is 0.102 e. The topological polar surface area (TPSA) is 35.6 Å². The smallest absolute Gasteiger partial charge is 0.102 e. The summed E-state index contributed by atoms with van der Waals surface area (Å²) in [6.45, 7) is 9.69. The first kappa shape index (κ1) is 15.5. The van der Waals surface area contributed by atoms with Gasteiger partial charge in [-0.2, -0.15) is 5.10 Å². The number of aromatic nitrogens is 4. The summed E-state index contributed by atoms with van der Waals surface area (Å²) in [5, 5.41) is 4.79. The van der Waals surface area contributed by atoms with Crippen molar-refractivity contribution < 1.29 is 0 Å². The number of rotatable bonds is 5. The maximum atomic E-state index is 4.79. The highest BCUT2D eigenvalue weighted by Crippen LogP contribution is 2.31. The molecule has 0 amide bonds. The lowest BCUT2D eigenvalue weighted by Crippen LogP contribution is -2.01. The van der Waals surface area contributed by atoms with E-state index < -0.39 is 0 Å². The van der Waals surface area contributed by atoms with Crippen molar-refractivity contribution in [1.29, 1.82) is 0 Å². The van der Waals surface area contributed by atoms with Crippen molar-refractivity contribution in [3.8, 4) is 22.5 Å². The Morgan fingerprint density at radius 3 is 2.39 bits per heavy atom. The zero-order valence-electron chi connectivity index (χ0n) is 14.3. The van der Waals surface area contributed by atoms with Crippen molar-refractivity contribution in [2.75, 3.05) is 0 Å². The molecule has 0 saturated carbocycles. The summed E-state index contributed by atoms with van der Waals surface area (Å²) in [7, 11) is 0. The summed E-state index contributed by atoms with van der Waals surface area (Å²) < 4.78 is 4.17. The molecule has 0 N–H and O–H groups in total. The van der Waals surface area contributed by atoms with Crippen LogP contribution < -0.4 is 0 Å². The van der Waals surface area contributed by atoms with Gasteiger partial charge in [0.25, 0.3) is 0 Å². The van der Waals surface area contributed by atoms with E-state index in [2.05, 4.69) is 61.8 Å². The molecule has 2 heterocycles. The van der Waals surface area contributed by atoms with Crippen molar-refractivity contribution in [1.82, 2.24) is 19.3 Å². The molecular formula is C19H24N4. The fourth-order valence-electron chi connectivity index (χ4n) is 2.67. The van der Waals surface area contributed by atoms with Gasteiger partial charge in [-0.25, -0.2) is 4.98 Å². The molecule has 0 atom stereocenters. The lowest BCUT2D eigenvalue weighted by molar-refractivity contribution is 0.523. The van der Waals surface area contributed by atoms with E-state index in [0.29, 0.717) is 12.0 Å². The molecule has 0 fully saturated rings. The molecule has 0 spiro atoms. The Labute approximate surface area is 137 Å². The van der Waals surface area contributed by atoms with Crippen molar-refractivity contribution in [2.45, 2.75) is 40.3 Å². The van der Waals surface area contributed by atoms with E-state index in [1.807, 2.05) is 29.2 Å². The molecule has 0 saturated heterocycles. The first-order valence-electron chi connectivity index (χ1n) is 8.21. The molecule has 4 heteroatoms. The van der Waals surface area contributed by atoms with E-state index in [1.165, 1.54) is 0 Å². The fourth-order valence-corrected chi connectivity index (χ4v) is 2.67. The van der Waals surface area contributed by atoms with Crippen LogP contribution in [0.2, 0.25) is 0 Å². The molecule has 0 bridgehead atoms. The van der Waals surface area contributed by atoms with Gasteiger partial charge in [0.1, 0.15) is 5.69 Å². The second-order valence-electron chi connectivity index (χ2n) is 6.68. The monoisotopic (exact) mass is 308 g/mol. The van der Waals surface area contributed by atoms with Gasteiger partial charge in [-0.3, -0.25) is 4.68 Å². The van der Waals surface area contributed by atoms with Crippen LogP contribution in [-0.4, -0.2) is 19.3 Å². The van der Waals surface area contributed by atoms with Crippen LogP contribution in [0.1, 0.15) is 33.7 Å². The summed E-state index contributed by atoms with van der Waals surface area (Å²) in [6, 6.07) is 10.6. The number of benzene rings is 1. The third-order valence-electron chi connectivity index (χ3n) is 3.79. The summed E-state index contributed by atoms with van der Waals surface area (Å²) in [5.41, 5.74) is 4.19. The first-order chi connectivity index (χ1) is 11.0. The molecule has 0 radical (unpaired) electrons. The second kappa shape index (κ2) is 6.41. The Balaban J connectivity index is 2.05. The molecule has 120 valence electrons. The number of hydrogen-bond donors (Lipinski definition) is 0. The van der Waals surface area contributed by atoms with Gasteiger partial charge in [0.2, 0.25) is 0 Å². The van der Waals surface area contributed by atoms with Crippen molar-refractivity contribution in [2.24, 2.45) is 5.92 Å². The quantitative estimate of drug-likeness (QED) is 0.687. The Morgan fingerprint density at radius 2 is 1.74 bits per heavy atom. The van der Waals surface area contributed by atoms with E-state index in [-0.39, 0.29) is 0 Å². The van der Waals surface area contributed by atoms with Gasteiger partial charge in [-0.1, -0.05) is 44.2 Å². The van der Waals surface area contributed by atoms with Crippen LogP contribution in [-0.2, 0) is 6.54 Å². The molecule has 0 aliphatic heterocycles. The zero-order chi connectivity index (χ0) is 16.4. The molecule has 4 nitrogen and oxygen atoms in total. The van der Waals surface area contributed by atoms with Crippen LogP contribution >= 0.6 is 0 Å². The van der Waals surface area contributed by atoms with E-state index in [0.717, 1.165) is 29.1 Å². The van der Waals surface area contributed by atoms with E-state index in [4.69, 9.17) is 5.10 Å². The molecule has 0 aliphatic rings. The minimum Gasteiger partial charge on any atom is -0.337 e. The lowest BCUT2D eigenvalue weighted by atomic mass is 10.1. The maximum absolute atomic E-state index is 4.79. The molecule has 3 aromatic rings. The van der Waals surface area contributed by atoms with Crippen molar-refractivity contribution >= 4 is 0 Å². The van der Waals surface area contributed by atoms with Crippen LogP contribution in [0.25, 0.3) is 22.5 Å². The summed E-state index contributed by atoms with van der Waals surface area (Å²) in [4.78, 5) is 4.61. The third-order valence-corrected chi connectivity index (χ3v) is 3.79. The molecular weight excluding hydrogens is 284 g/mol. The van der Waals surface area contributed by atoms with Gasteiger partial charge in [0.05, 0.1) is 12.0 Å². The van der Waals surface area contributed by atoms with Crippen LogP contribution in [0.4, 0.5) is 0 Å². The first-order valence-corrected chi connectivity index (χ1v) is 8.21. The molecule has 2 aromatic heterocycles. The fraction of sp³-hybridized carbons (Fsp3) is 0.368. The van der Waals surface area contributed by atoms with Gasteiger partial charge < -0.3 is 4.57 Å². The second-order valence-corrected chi connectivity index (χ2v) is 6.68. The van der Waals surface area contributed by atoms with E-state index >= 15 is 0 Å². The van der Waals surface area contributed by atoms with Gasteiger partial charge >= 0.3 is 0 Å². The highest BCUT2D eigenvalue weighted by molar-refractivity contribution is 5.78. The predicted octanol–water partition coefficient (Wildman–Crippen LogP) is 4.65. The van der Waals surface area contributed by atoms with Crippen LogP contribution in [0, 0.1) is 5.92 Å². The highest BCUT2D eigenvalue weighted by Gasteiger charge is 2.16. The summed E-state index contributed by atoms with van der Waals surface area (Å²) in [6.07, 6.45) is 6.14. The lowest BCUT2D eigenvalue weighted by Gasteiger charge is -2.04. The minimum absolute atomic E-state index is 0.323. The van der Waals surface area contributed by atoms with E-state index in [9.17, 15) is 0 Å². The molecule has 3 rings (SSSR count). The normalized spacial score (nSPS) is 11.6. The van der Waals surface area contributed by atoms with Crippen LogP contribution in [0.5, 0.6) is 0 Å². The van der Waals surface area contributed by atoms with Crippen molar-refractivity contribution in [3.63, 3.8) is 0 Å². The third kappa shape index (κ3) is 3.36. The Hall–Kier alpha value is -2.36. The Kier molecular flexibility index (Phi) is 4.33. The van der Waals surface area contributed by atoms with Gasteiger partial charge in [0, 0.05) is 36.1 Å². The molecule has 23 heavy (non-hydrogen) atoms. The highest BCUT2D eigenvalue weighted by atomic mass is 15.3. The average Bonchev–Trinajstić information content (AvgIpc) is 3.14. The summed E-state index contributed by atoms with van der Waals surface area (Å²) >= 11 is 0. The minimum atomic E-state index is 0.323. The number of nitrogens with zero attached hydrogens (tertiary/aromatic N) is 4. The van der Waals surface area contributed by atoms with Gasteiger partial charge in [0.15, 0.2) is 0 Å². The standard InChI is InChI=1S/C19H24N4/c1-14(2)10-22-12-18(20-13-22)17-11-23(15(3)4)21-19(17)16-8-6-5-7-9-16/h5-9,11-15H,10H2,1-4H3. The van der Waals surface area contributed by atoms with Crippen LogP contribution in [0.15, 0.2) is 49.1 Å².